The van der Waals surface area contributed by atoms with Crippen LogP contribution in [0.15, 0.2) is 53.3 Å². The third-order valence-electron chi connectivity index (χ3n) is 5.32. The third-order valence-corrected chi connectivity index (χ3v) is 5.55. The summed E-state index contributed by atoms with van der Waals surface area (Å²) >= 11 is 6.00. The number of hydrogen-bond acceptors (Lipinski definition) is 5. The van der Waals surface area contributed by atoms with Crippen molar-refractivity contribution in [1.29, 1.82) is 0 Å². The second-order valence-corrected chi connectivity index (χ2v) is 7.38. The van der Waals surface area contributed by atoms with Crippen molar-refractivity contribution < 1.29 is 19.5 Å². The van der Waals surface area contributed by atoms with Crippen molar-refractivity contribution in [2.45, 2.75) is 19.3 Å². The van der Waals surface area contributed by atoms with E-state index >= 15 is 0 Å². The smallest absolute Gasteiger partial charge is 0.317 e. The SMILES string of the molecule is CCOC(=O)C1C(=O)c2c(n(O)c3ccc(Cl)cc3c2=O)CC1c1ccccc1. The molecule has 0 radical (unpaired) electrons. The van der Waals surface area contributed by atoms with E-state index in [0.717, 1.165) is 10.3 Å². The summed E-state index contributed by atoms with van der Waals surface area (Å²) in [5.74, 6) is -3.03. The van der Waals surface area contributed by atoms with Gasteiger partial charge in [-0.1, -0.05) is 41.9 Å². The highest BCUT2D eigenvalue weighted by molar-refractivity contribution is 6.31. The van der Waals surface area contributed by atoms with Gasteiger partial charge in [0.15, 0.2) is 5.78 Å². The number of ketones is 1. The van der Waals surface area contributed by atoms with Crippen molar-refractivity contribution >= 4 is 34.3 Å². The molecule has 0 spiro atoms. The van der Waals surface area contributed by atoms with Crippen LogP contribution in [0.5, 0.6) is 0 Å². The van der Waals surface area contributed by atoms with Crippen LogP contribution in [-0.2, 0) is 16.0 Å². The number of Topliss-reactive ketones (excluding diaryl/α,β-unsaturated/α-hetero) is 1. The van der Waals surface area contributed by atoms with Crippen molar-refractivity contribution in [3.63, 3.8) is 0 Å². The number of fused-ring (bicyclic) bond motifs is 2. The summed E-state index contributed by atoms with van der Waals surface area (Å²) in [6, 6.07) is 13.6. The largest absolute Gasteiger partial charge is 0.465 e. The molecule has 2 unspecified atom stereocenters. The van der Waals surface area contributed by atoms with E-state index in [9.17, 15) is 19.6 Å². The summed E-state index contributed by atoms with van der Waals surface area (Å²) < 4.78 is 6.00. The van der Waals surface area contributed by atoms with Crippen LogP contribution < -0.4 is 5.43 Å². The molecule has 7 heteroatoms. The van der Waals surface area contributed by atoms with Crippen molar-refractivity contribution in [3.05, 3.63) is 80.6 Å². The quantitative estimate of drug-likeness (QED) is 0.404. The molecule has 1 aliphatic carbocycles. The number of carbonyl (C=O) groups excluding carboxylic acids is 2. The number of pyridine rings is 1. The molecule has 0 aliphatic heterocycles. The van der Waals surface area contributed by atoms with E-state index in [-0.39, 0.29) is 35.2 Å². The molecule has 0 saturated heterocycles. The van der Waals surface area contributed by atoms with Crippen LogP contribution in [0.25, 0.3) is 10.9 Å². The maximum absolute atomic E-state index is 13.4. The van der Waals surface area contributed by atoms with Gasteiger partial charge in [-0.2, -0.15) is 4.73 Å². The van der Waals surface area contributed by atoms with E-state index in [0.29, 0.717) is 5.02 Å². The standard InChI is InChI=1S/C22H18ClNO5/c1-2-29-22(27)18-14(12-6-4-3-5-7-12)11-17-19(21(18)26)20(25)15-10-13(23)8-9-16(15)24(17)28/h3-10,14,18,28H,2,11H2,1H3. The number of ether oxygens (including phenoxy) is 1. The number of esters is 1. The fourth-order valence-corrected chi connectivity index (χ4v) is 4.18. The topological polar surface area (TPSA) is 85.6 Å². The minimum atomic E-state index is -1.16. The van der Waals surface area contributed by atoms with Gasteiger partial charge in [-0.25, -0.2) is 0 Å². The predicted molar refractivity (Wildman–Crippen MR) is 108 cm³/mol. The van der Waals surface area contributed by atoms with Gasteiger partial charge < -0.3 is 9.94 Å². The van der Waals surface area contributed by atoms with E-state index in [2.05, 4.69) is 0 Å². The highest BCUT2D eigenvalue weighted by atomic mass is 35.5. The molecule has 1 heterocycles. The predicted octanol–water partition coefficient (Wildman–Crippen LogP) is 3.59. The van der Waals surface area contributed by atoms with Crippen molar-refractivity contribution in [2.75, 3.05) is 6.61 Å². The molecular weight excluding hydrogens is 394 g/mol. The van der Waals surface area contributed by atoms with Crippen molar-refractivity contribution in [1.82, 2.24) is 4.73 Å². The van der Waals surface area contributed by atoms with Crippen LogP contribution in [-0.4, -0.2) is 28.3 Å². The first-order valence-electron chi connectivity index (χ1n) is 9.26. The molecule has 0 fully saturated rings. The minimum Gasteiger partial charge on any atom is -0.465 e. The second kappa shape index (κ2) is 7.37. The second-order valence-electron chi connectivity index (χ2n) is 6.94. The Morgan fingerprint density at radius 2 is 1.93 bits per heavy atom. The lowest BCUT2D eigenvalue weighted by molar-refractivity contribution is -0.147. The first-order valence-corrected chi connectivity index (χ1v) is 9.64. The fourth-order valence-electron chi connectivity index (χ4n) is 4.01. The third kappa shape index (κ3) is 3.09. The van der Waals surface area contributed by atoms with Gasteiger partial charge in [0.2, 0.25) is 5.43 Å². The summed E-state index contributed by atoms with van der Waals surface area (Å²) in [4.78, 5) is 39.1. The first-order chi connectivity index (χ1) is 13.9. The average Bonchev–Trinajstić information content (AvgIpc) is 2.72. The van der Waals surface area contributed by atoms with Crippen LogP contribution in [0, 0.1) is 5.92 Å². The molecule has 29 heavy (non-hydrogen) atoms. The monoisotopic (exact) mass is 411 g/mol. The molecule has 1 aromatic heterocycles. The molecular formula is C22H18ClNO5. The zero-order valence-corrected chi connectivity index (χ0v) is 16.3. The summed E-state index contributed by atoms with van der Waals surface area (Å²) in [5, 5.41) is 11.2. The van der Waals surface area contributed by atoms with Gasteiger partial charge in [-0.3, -0.25) is 14.4 Å². The Labute approximate surface area is 171 Å². The van der Waals surface area contributed by atoms with E-state index in [1.165, 1.54) is 12.1 Å². The number of benzene rings is 2. The summed E-state index contributed by atoms with van der Waals surface area (Å²) in [5.41, 5.74) is 0.464. The molecule has 1 aliphatic rings. The van der Waals surface area contributed by atoms with Gasteiger partial charge in [0.05, 0.1) is 28.8 Å². The number of rotatable bonds is 3. The lowest BCUT2D eigenvalue weighted by atomic mass is 9.73. The molecule has 0 bridgehead atoms. The molecule has 2 aromatic carbocycles. The van der Waals surface area contributed by atoms with E-state index in [1.54, 1.807) is 13.0 Å². The molecule has 1 N–H and O–H groups in total. The van der Waals surface area contributed by atoms with Gasteiger partial charge in [-0.15, -0.1) is 0 Å². The molecule has 0 saturated carbocycles. The zero-order valence-electron chi connectivity index (χ0n) is 15.6. The highest BCUT2D eigenvalue weighted by Crippen LogP contribution is 2.38. The van der Waals surface area contributed by atoms with Gasteiger partial charge in [0, 0.05) is 17.4 Å². The van der Waals surface area contributed by atoms with Gasteiger partial charge >= 0.3 is 5.97 Å². The maximum Gasteiger partial charge on any atom is 0.317 e. The van der Waals surface area contributed by atoms with Crippen molar-refractivity contribution in [3.8, 4) is 0 Å². The summed E-state index contributed by atoms with van der Waals surface area (Å²) in [6.07, 6.45) is 0.138. The summed E-state index contributed by atoms with van der Waals surface area (Å²) in [6.45, 7) is 1.78. The fraction of sp³-hybridized carbons (Fsp3) is 0.227. The molecule has 148 valence electrons. The number of hydrogen-bond donors (Lipinski definition) is 1. The van der Waals surface area contributed by atoms with E-state index in [1.807, 2.05) is 30.3 Å². The lowest BCUT2D eigenvalue weighted by Gasteiger charge is -2.31. The Morgan fingerprint density at radius 1 is 1.21 bits per heavy atom. The molecule has 3 aromatic rings. The van der Waals surface area contributed by atoms with Crippen LogP contribution in [0.3, 0.4) is 0 Å². The molecule has 6 nitrogen and oxygen atoms in total. The lowest BCUT2D eigenvalue weighted by Crippen LogP contribution is -2.41. The van der Waals surface area contributed by atoms with Crippen LogP contribution in [0.1, 0.15) is 34.5 Å². The molecule has 4 rings (SSSR count). The van der Waals surface area contributed by atoms with Crippen LogP contribution in [0.4, 0.5) is 0 Å². The maximum atomic E-state index is 13.4. The Kier molecular flexibility index (Phi) is 4.88. The summed E-state index contributed by atoms with van der Waals surface area (Å²) in [7, 11) is 0. The zero-order chi connectivity index (χ0) is 20.7. The molecule has 2 atom stereocenters. The molecule has 0 amide bonds. The Morgan fingerprint density at radius 3 is 2.62 bits per heavy atom. The highest BCUT2D eigenvalue weighted by Gasteiger charge is 2.45. The average molecular weight is 412 g/mol. The minimum absolute atomic E-state index is 0.118. The van der Waals surface area contributed by atoms with E-state index < -0.39 is 29.0 Å². The first kappa shape index (κ1) is 19.2. The normalized spacial score (nSPS) is 18.5. The van der Waals surface area contributed by atoms with E-state index in [4.69, 9.17) is 16.3 Å². The van der Waals surface area contributed by atoms with Crippen molar-refractivity contribution in [2.24, 2.45) is 5.92 Å². The van der Waals surface area contributed by atoms with Gasteiger partial charge in [0.1, 0.15) is 5.92 Å². The number of aromatic nitrogens is 1. The number of halogens is 1. The van der Waals surface area contributed by atoms with Gasteiger partial charge in [-0.05, 0) is 30.7 Å². The van der Waals surface area contributed by atoms with Crippen LogP contribution >= 0.6 is 11.6 Å². The van der Waals surface area contributed by atoms with Gasteiger partial charge in [0.25, 0.3) is 0 Å². The Balaban J connectivity index is 1.98. The Hall–Kier alpha value is -3.12. The number of nitrogens with zero attached hydrogens (tertiary/aromatic N) is 1. The Bertz CT molecular complexity index is 1190. The van der Waals surface area contributed by atoms with Crippen LogP contribution in [0.2, 0.25) is 5.02 Å². The number of carbonyl (C=O) groups is 2.